The summed E-state index contributed by atoms with van der Waals surface area (Å²) in [5.41, 5.74) is 4.01. The van der Waals surface area contributed by atoms with Gasteiger partial charge in [0.25, 0.3) is 0 Å². The summed E-state index contributed by atoms with van der Waals surface area (Å²) >= 11 is 6.54. The highest BCUT2D eigenvalue weighted by atomic mass is 35.5. The van der Waals surface area contributed by atoms with E-state index in [0.717, 1.165) is 40.4 Å². The van der Waals surface area contributed by atoms with E-state index in [0.29, 0.717) is 56.8 Å². The number of nitrogens with zero attached hydrogens (tertiary/aromatic N) is 1. The lowest BCUT2D eigenvalue weighted by atomic mass is 9.84. The molecule has 2 aliphatic heterocycles. The number of esters is 1. The summed E-state index contributed by atoms with van der Waals surface area (Å²) in [5, 5.41) is 6.24. The van der Waals surface area contributed by atoms with Gasteiger partial charge in [0.2, 0.25) is 0 Å². The summed E-state index contributed by atoms with van der Waals surface area (Å²) in [6.45, 7) is 9.21. The molecule has 0 saturated carbocycles. The number of aryl methyl sites for hydroxylation is 2. The molecule has 8 heteroatoms. The number of Topliss-reactive ketones (excluding diaryl/α,β-unsaturated/α-hetero) is 2. The van der Waals surface area contributed by atoms with Crippen molar-refractivity contribution in [3.63, 3.8) is 0 Å². The van der Waals surface area contributed by atoms with Gasteiger partial charge in [-0.3, -0.25) is 19.4 Å². The maximum absolute atomic E-state index is 13.5. The minimum Gasteiger partial charge on any atom is -0.465 e. The molecule has 3 aromatic rings. The lowest BCUT2D eigenvalue weighted by molar-refractivity contribution is -0.146. The van der Waals surface area contributed by atoms with Crippen LogP contribution in [0.15, 0.2) is 55.2 Å². The van der Waals surface area contributed by atoms with Gasteiger partial charge in [-0.1, -0.05) is 73.1 Å². The maximum Gasteiger partial charge on any atom is 0.305 e. The molecule has 1 aromatic heterocycles. The number of pyridine rings is 1. The second kappa shape index (κ2) is 16.6. The second-order valence-corrected chi connectivity index (χ2v) is 13.7. The number of hydrogen-bond donors (Lipinski definition) is 1. The number of carbonyl (C=O) groups is 3. The van der Waals surface area contributed by atoms with E-state index in [-0.39, 0.29) is 60.4 Å². The highest BCUT2D eigenvalue weighted by molar-refractivity contribution is 6.32. The zero-order valence-electron chi connectivity index (χ0n) is 27.6. The zero-order valence-corrected chi connectivity index (χ0v) is 28.4. The van der Waals surface area contributed by atoms with Crippen LogP contribution in [0.3, 0.4) is 0 Å². The number of ether oxygens (including phenoxy) is 2. The van der Waals surface area contributed by atoms with Crippen molar-refractivity contribution in [3.05, 3.63) is 82.6 Å². The highest BCUT2D eigenvalue weighted by Gasteiger charge is 2.44. The van der Waals surface area contributed by atoms with Gasteiger partial charge in [-0.25, -0.2) is 0 Å². The van der Waals surface area contributed by atoms with Crippen LogP contribution in [0.2, 0.25) is 5.02 Å². The van der Waals surface area contributed by atoms with E-state index in [9.17, 15) is 14.4 Å². The van der Waals surface area contributed by atoms with Crippen LogP contribution in [-0.2, 0) is 36.7 Å². The molecule has 0 aliphatic carbocycles. The number of halogens is 1. The van der Waals surface area contributed by atoms with Crippen LogP contribution in [0, 0.1) is 24.7 Å². The summed E-state index contributed by atoms with van der Waals surface area (Å²) < 4.78 is 11.3. The Kier molecular flexibility index (Phi) is 12.4. The molecule has 47 heavy (non-hydrogen) atoms. The normalized spacial score (nSPS) is 20.6. The molecular formula is C39H47ClN2O5. The van der Waals surface area contributed by atoms with Gasteiger partial charge in [0.05, 0.1) is 17.7 Å². The number of rotatable bonds is 16. The maximum atomic E-state index is 13.5. The minimum atomic E-state index is -0.288. The van der Waals surface area contributed by atoms with Crippen LogP contribution in [0.5, 0.6) is 0 Å². The number of carbonyl (C=O) groups excluding carboxylic acids is 3. The molecule has 0 bridgehead atoms. The monoisotopic (exact) mass is 658 g/mol. The molecular weight excluding hydrogens is 612 g/mol. The Balaban J connectivity index is 1.14. The fourth-order valence-corrected chi connectivity index (χ4v) is 7.01. The largest absolute Gasteiger partial charge is 0.465 e. The van der Waals surface area contributed by atoms with Crippen molar-refractivity contribution < 1.29 is 23.9 Å². The summed E-state index contributed by atoms with van der Waals surface area (Å²) in [6, 6.07) is 14.0. The molecule has 0 radical (unpaired) electrons. The van der Waals surface area contributed by atoms with Crippen LogP contribution in [-0.4, -0.2) is 54.4 Å². The molecule has 2 aromatic carbocycles. The molecule has 5 rings (SSSR count). The minimum absolute atomic E-state index is 0.0209. The fourth-order valence-electron chi connectivity index (χ4n) is 6.73. The predicted octanol–water partition coefficient (Wildman–Crippen LogP) is 7.28. The van der Waals surface area contributed by atoms with Crippen LogP contribution >= 0.6 is 11.6 Å². The van der Waals surface area contributed by atoms with Crippen molar-refractivity contribution >= 4 is 46.0 Å². The Labute approximate surface area is 283 Å². The van der Waals surface area contributed by atoms with Crippen LogP contribution < -0.4 is 5.32 Å². The van der Waals surface area contributed by atoms with Gasteiger partial charge in [-0.05, 0) is 74.4 Å². The summed E-state index contributed by atoms with van der Waals surface area (Å²) in [6.07, 6.45) is 9.00. The fraction of sp³-hybridized carbons (Fsp3) is 0.487. The van der Waals surface area contributed by atoms with Gasteiger partial charge < -0.3 is 14.8 Å². The third-order valence-electron chi connectivity index (χ3n) is 9.56. The lowest BCUT2D eigenvalue weighted by Gasteiger charge is -2.22. The van der Waals surface area contributed by atoms with E-state index >= 15 is 0 Å². The van der Waals surface area contributed by atoms with E-state index in [1.54, 1.807) is 6.08 Å². The Bertz CT molecular complexity index is 1580. The van der Waals surface area contributed by atoms with Crippen molar-refractivity contribution in [2.75, 3.05) is 19.8 Å². The number of hydrogen-bond acceptors (Lipinski definition) is 7. The van der Waals surface area contributed by atoms with Gasteiger partial charge in [0.1, 0.15) is 5.78 Å². The number of aromatic nitrogens is 1. The molecule has 2 saturated heterocycles. The zero-order chi connectivity index (χ0) is 33.3. The van der Waals surface area contributed by atoms with E-state index < -0.39 is 0 Å². The van der Waals surface area contributed by atoms with Crippen molar-refractivity contribution in [1.29, 1.82) is 0 Å². The standard InChI is InChI=1S/C39H47ClN2O5/c1-4-28-8-5-9-30(37(28)40)22-34-38(42-34)39(45)26(3)19-27(20-35(43)29-10-7-16-46-17-15-29)24-47-36(44)12-6-11-33-21-32-18-25(2)13-14-31(32)23-41-33/h4-5,8-9,13-14,18,21,23,26-27,29,34,38,42H,1,6-7,10-12,15-17,19-20,22,24H2,2-3H3/t26?,27-,29?,34?,38?/m0/s1. The van der Waals surface area contributed by atoms with E-state index in [1.165, 1.54) is 5.56 Å². The third kappa shape index (κ3) is 9.82. The Morgan fingerprint density at radius 1 is 1.15 bits per heavy atom. The van der Waals surface area contributed by atoms with Crippen molar-refractivity contribution in [2.24, 2.45) is 17.8 Å². The average Bonchev–Trinajstić information content (AvgIpc) is 3.87. The predicted molar refractivity (Wildman–Crippen MR) is 186 cm³/mol. The second-order valence-electron chi connectivity index (χ2n) is 13.4. The molecule has 2 fully saturated rings. The van der Waals surface area contributed by atoms with Crippen molar-refractivity contribution in [1.82, 2.24) is 10.3 Å². The van der Waals surface area contributed by atoms with E-state index in [4.69, 9.17) is 21.1 Å². The first-order valence-corrected chi connectivity index (χ1v) is 17.4. The average molecular weight is 659 g/mol. The summed E-state index contributed by atoms with van der Waals surface area (Å²) in [5.74, 6) is -0.558. The molecule has 2 aliphatic rings. The Morgan fingerprint density at radius 2 is 2.00 bits per heavy atom. The van der Waals surface area contributed by atoms with Crippen LogP contribution in [0.25, 0.3) is 16.8 Å². The first-order valence-electron chi connectivity index (χ1n) is 17.0. The first-order chi connectivity index (χ1) is 22.7. The number of ketones is 2. The molecule has 1 N–H and O–H groups in total. The molecule has 4 unspecified atom stereocenters. The smallest absolute Gasteiger partial charge is 0.305 e. The molecule has 250 valence electrons. The van der Waals surface area contributed by atoms with E-state index in [1.807, 2.05) is 31.3 Å². The molecule has 7 nitrogen and oxygen atoms in total. The van der Waals surface area contributed by atoms with Crippen molar-refractivity contribution in [2.45, 2.75) is 83.7 Å². The lowest BCUT2D eigenvalue weighted by Crippen LogP contribution is -2.28. The number of nitrogens with one attached hydrogen (secondary N) is 1. The van der Waals surface area contributed by atoms with Crippen LogP contribution in [0.1, 0.15) is 74.3 Å². The summed E-state index contributed by atoms with van der Waals surface area (Å²) in [7, 11) is 0. The van der Waals surface area contributed by atoms with Gasteiger partial charge in [-0.2, -0.15) is 0 Å². The number of benzene rings is 2. The SMILES string of the molecule is C=Cc1cccc(CC2NC2C(=O)C(C)C[C@H](COC(=O)CCCc2cc3cc(C)ccc3cn2)CC(=O)C2CCCOCC2)c1Cl. The first kappa shape index (κ1) is 34.9. The molecule has 3 heterocycles. The van der Waals surface area contributed by atoms with Gasteiger partial charge in [0.15, 0.2) is 5.78 Å². The third-order valence-corrected chi connectivity index (χ3v) is 10.0. The Morgan fingerprint density at radius 3 is 2.83 bits per heavy atom. The quantitative estimate of drug-likeness (QED) is 0.127. The molecule has 0 amide bonds. The van der Waals surface area contributed by atoms with Crippen molar-refractivity contribution in [3.8, 4) is 0 Å². The molecule has 0 spiro atoms. The highest BCUT2D eigenvalue weighted by Crippen LogP contribution is 2.30. The molecule has 5 atom stereocenters. The van der Waals surface area contributed by atoms with Gasteiger partial charge in [0, 0.05) is 67.1 Å². The van der Waals surface area contributed by atoms with Crippen LogP contribution in [0.4, 0.5) is 0 Å². The van der Waals surface area contributed by atoms with Gasteiger partial charge in [-0.15, -0.1) is 0 Å². The van der Waals surface area contributed by atoms with Gasteiger partial charge >= 0.3 is 5.97 Å². The summed E-state index contributed by atoms with van der Waals surface area (Å²) in [4.78, 5) is 44.2. The number of fused-ring (bicyclic) bond motifs is 1. The van der Waals surface area contributed by atoms with E-state index in [2.05, 4.69) is 48.1 Å². The topological polar surface area (TPSA) is 105 Å². The Hall–Kier alpha value is -3.39.